The molecule has 1 aromatic carbocycles. The van der Waals surface area contributed by atoms with Crippen LogP contribution in [-0.4, -0.2) is 34.6 Å². The lowest BCUT2D eigenvalue weighted by Crippen LogP contribution is -2.29. The molecule has 7 heteroatoms. The van der Waals surface area contributed by atoms with E-state index in [1.165, 1.54) is 11.3 Å². The van der Waals surface area contributed by atoms with Gasteiger partial charge in [0.15, 0.2) is 0 Å². The Kier molecular flexibility index (Phi) is 5.20. The van der Waals surface area contributed by atoms with E-state index in [4.69, 9.17) is 9.84 Å². The van der Waals surface area contributed by atoms with Crippen molar-refractivity contribution in [3.63, 3.8) is 0 Å². The monoisotopic (exact) mass is 336 g/mol. The molecule has 0 saturated heterocycles. The highest BCUT2D eigenvalue weighted by Crippen LogP contribution is 2.34. The van der Waals surface area contributed by atoms with Crippen molar-refractivity contribution in [1.29, 1.82) is 0 Å². The molecule has 1 aromatic heterocycles. The lowest BCUT2D eigenvalue weighted by atomic mass is 10.1. The number of hydrogen-bond acceptors (Lipinski definition) is 5. The van der Waals surface area contributed by atoms with Gasteiger partial charge in [-0.15, -0.1) is 11.3 Å². The summed E-state index contributed by atoms with van der Waals surface area (Å²) in [4.78, 5) is 27.3. The summed E-state index contributed by atoms with van der Waals surface area (Å²) in [6.07, 6.45) is -0.0558. The molecule has 0 unspecified atom stereocenters. The number of aliphatic carboxylic acids is 1. The van der Waals surface area contributed by atoms with Gasteiger partial charge in [0.05, 0.1) is 15.8 Å². The zero-order chi connectivity index (χ0) is 17.1. The van der Waals surface area contributed by atoms with E-state index in [0.29, 0.717) is 11.3 Å². The van der Waals surface area contributed by atoms with E-state index in [2.05, 4.69) is 24.1 Å². The maximum absolute atomic E-state index is 12.1. The molecule has 0 atom stereocenters. The summed E-state index contributed by atoms with van der Waals surface area (Å²) in [7, 11) is 0. The first-order chi connectivity index (χ1) is 10.8. The highest BCUT2D eigenvalue weighted by Gasteiger charge is 2.17. The molecular formula is C16H20N2O4S. The molecule has 2 rings (SSSR count). The lowest BCUT2D eigenvalue weighted by molar-refractivity contribution is -0.135. The molecule has 1 amide bonds. The van der Waals surface area contributed by atoms with Gasteiger partial charge >= 0.3 is 5.97 Å². The van der Waals surface area contributed by atoms with Crippen molar-refractivity contribution in [3.05, 3.63) is 22.7 Å². The highest BCUT2D eigenvalue weighted by molar-refractivity contribution is 7.18. The van der Waals surface area contributed by atoms with Crippen molar-refractivity contribution in [2.24, 2.45) is 0 Å². The van der Waals surface area contributed by atoms with Crippen LogP contribution in [0.5, 0.6) is 5.75 Å². The summed E-state index contributed by atoms with van der Waals surface area (Å²) in [6, 6.07) is 3.34. The first-order valence-electron chi connectivity index (χ1n) is 7.39. The number of aromatic nitrogens is 1. The smallest absolute Gasteiger partial charge is 0.322 e. The predicted molar refractivity (Wildman–Crippen MR) is 89.4 cm³/mol. The van der Waals surface area contributed by atoms with Gasteiger partial charge in [0, 0.05) is 11.5 Å². The van der Waals surface area contributed by atoms with Gasteiger partial charge in [-0.3, -0.25) is 9.59 Å². The van der Waals surface area contributed by atoms with Crippen molar-refractivity contribution in [3.8, 4) is 5.75 Å². The predicted octanol–water partition coefficient (Wildman–Crippen LogP) is 3.02. The van der Waals surface area contributed by atoms with Crippen LogP contribution in [-0.2, 0) is 4.79 Å². The largest absolute Gasteiger partial charge is 0.489 e. The molecule has 0 aliphatic carbocycles. The van der Waals surface area contributed by atoms with Crippen LogP contribution in [0.4, 0.5) is 0 Å². The van der Waals surface area contributed by atoms with Crippen LogP contribution in [0.25, 0.3) is 10.2 Å². The highest BCUT2D eigenvalue weighted by atomic mass is 32.1. The van der Waals surface area contributed by atoms with Crippen LogP contribution in [0, 0.1) is 0 Å². The molecule has 23 heavy (non-hydrogen) atoms. The van der Waals surface area contributed by atoms with Gasteiger partial charge in [-0.1, -0.05) is 13.8 Å². The average molecular weight is 336 g/mol. The SMILES string of the molecule is CC(C)Oc1cc(C(=O)NCC(=O)O)cc2sc(C(C)C)nc12. The quantitative estimate of drug-likeness (QED) is 0.846. The Labute approximate surface area is 138 Å². The van der Waals surface area contributed by atoms with Gasteiger partial charge in [0.1, 0.15) is 17.8 Å². The first kappa shape index (κ1) is 17.2. The fourth-order valence-electron chi connectivity index (χ4n) is 2.00. The number of fused-ring (bicyclic) bond motifs is 1. The van der Waals surface area contributed by atoms with Crippen LogP contribution in [0.15, 0.2) is 12.1 Å². The number of ether oxygens (including phenoxy) is 1. The Morgan fingerprint density at radius 3 is 2.57 bits per heavy atom. The molecular weight excluding hydrogens is 316 g/mol. The Hall–Kier alpha value is -2.15. The van der Waals surface area contributed by atoms with Gasteiger partial charge in [-0.2, -0.15) is 0 Å². The van der Waals surface area contributed by atoms with E-state index >= 15 is 0 Å². The number of carbonyl (C=O) groups is 2. The minimum atomic E-state index is -1.09. The Bertz CT molecular complexity index is 737. The van der Waals surface area contributed by atoms with E-state index in [1.807, 2.05) is 13.8 Å². The Morgan fingerprint density at radius 2 is 2.00 bits per heavy atom. The molecule has 2 N–H and O–H groups in total. The van der Waals surface area contributed by atoms with Gasteiger partial charge in [-0.05, 0) is 26.0 Å². The fraction of sp³-hybridized carbons (Fsp3) is 0.438. The summed E-state index contributed by atoms with van der Waals surface area (Å²) in [5.41, 5.74) is 1.11. The van der Waals surface area contributed by atoms with Crippen molar-refractivity contribution >= 4 is 33.4 Å². The fourth-order valence-corrected chi connectivity index (χ4v) is 3.02. The lowest BCUT2D eigenvalue weighted by Gasteiger charge is -2.12. The van der Waals surface area contributed by atoms with Gasteiger partial charge < -0.3 is 15.2 Å². The first-order valence-corrected chi connectivity index (χ1v) is 8.20. The number of hydrogen-bond donors (Lipinski definition) is 2. The van der Waals surface area contributed by atoms with E-state index in [1.54, 1.807) is 12.1 Å². The van der Waals surface area contributed by atoms with Gasteiger partial charge in [-0.25, -0.2) is 4.98 Å². The maximum Gasteiger partial charge on any atom is 0.322 e. The molecule has 0 saturated carbocycles. The summed E-state index contributed by atoms with van der Waals surface area (Å²) in [5.74, 6) is -0.704. The Balaban J connectivity index is 2.45. The number of carboxylic acid groups (broad SMARTS) is 1. The molecule has 0 radical (unpaired) electrons. The molecule has 0 fully saturated rings. The number of amides is 1. The van der Waals surface area contributed by atoms with E-state index in [9.17, 15) is 9.59 Å². The molecule has 6 nitrogen and oxygen atoms in total. The van der Waals surface area contributed by atoms with Crippen LogP contribution in [0.1, 0.15) is 49.0 Å². The number of nitrogens with one attached hydrogen (secondary N) is 1. The minimum Gasteiger partial charge on any atom is -0.489 e. The van der Waals surface area contributed by atoms with Crippen LogP contribution in [0.2, 0.25) is 0 Å². The van der Waals surface area contributed by atoms with E-state index in [0.717, 1.165) is 15.2 Å². The zero-order valence-electron chi connectivity index (χ0n) is 13.5. The number of carbonyl (C=O) groups excluding carboxylic acids is 1. The third-order valence-electron chi connectivity index (χ3n) is 3.00. The average Bonchev–Trinajstić information content (AvgIpc) is 2.88. The van der Waals surface area contributed by atoms with Crippen LogP contribution in [0.3, 0.4) is 0 Å². The maximum atomic E-state index is 12.1. The number of carboxylic acids is 1. The second kappa shape index (κ2) is 6.95. The summed E-state index contributed by atoms with van der Waals surface area (Å²) < 4.78 is 6.64. The molecule has 0 spiro atoms. The van der Waals surface area contributed by atoms with E-state index < -0.39 is 18.4 Å². The zero-order valence-corrected chi connectivity index (χ0v) is 14.4. The second-order valence-corrected chi connectivity index (χ2v) is 6.83. The summed E-state index contributed by atoms with van der Waals surface area (Å²) in [6.45, 7) is 7.50. The van der Waals surface area contributed by atoms with Gasteiger partial charge in [0.25, 0.3) is 5.91 Å². The Morgan fingerprint density at radius 1 is 1.30 bits per heavy atom. The molecule has 124 valence electrons. The molecule has 0 bridgehead atoms. The number of benzene rings is 1. The third kappa shape index (κ3) is 4.19. The van der Waals surface area contributed by atoms with Gasteiger partial charge in [0.2, 0.25) is 0 Å². The van der Waals surface area contributed by atoms with Crippen molar-refractivity contribution in [2.75, 3.05) is 6.54 Å². The summed E-state index contributed by atoms with van der Waals surface area (Å²) >= 11 is 1.52. The minimum absolute atomic E-state index is 0.0558. The molecule has 0 aliphatic heterocycles. The topological polar surface area (TPSA) is 88.5 Å². The van der Waals surface area contributed by atoms with Crippen molar-refractivity contribution in [2.45, 2.75) is 39.7 Å². The van der Waals surface area contributed by atoms with Crippen molar-refractivity contribution in [1.82, 2.24) is 10.3 Å². The summed E-state index contributed by atoms with van der Waals surface area (Å²) in [5, 5.41) is 12.0. The standard InChI is InChI=1S/C16H20N2O4S/c1-8(2)16-18-14-11(22-9(3)4)5-10(6-12(14)23-16)15(21)17-7-13(19)20/h5-6,8-9H,7H2,1-4H3,(H,17,21)(H,19,20). The molecule has 1 heterocycles. The number of rotatable bonds is 6. The van der Waals surface area contributed by atoms with E-state index in [-0.39, 0.29) is 12.0 Å². The normalized spacial score (nSPS) is 11.2. The van der Waals surface area contributed by atoms with Crippen LogP contribution >= 0.6 is 11.3 Å². The number of nitrogens with zero attached hydrogens (tertiary/aromatic N) is 1. The second-order valence-electron chi connectivity index (χ2n) is 5.77. The molecule has 0 aliphatic rings. The van der Waals surface area contributed by atoms with Crippen molar-refractivity contribution < 1.29 is 19.4 Å². The molecule has 2 aromatic rings. The number of thiazole rings is 1. The van der Waals surface area contributed by atoms with Crippen LogP contribution < -0.4 is 10.1 Å². The third-order valence-corrected chi connectivity index (χ3v) is 4.30.